The van der Waals surface area contributed by atoms with Gasteiger partial charge in [0.05, 0.1) is 22.9 Å². The van der Waals surface area contributed by atoms with Crippen LogP contribution in [0.15, 0.2) is 47.4 Å². The summed E-state index contributed by atoms with van der Waals surface area (Å²) in [5.74, 6) is 1.04. The first-order valence-corrected chi connectivity index (χ1v) is 9.02. The van der Waals surface area contributed by atoms with Crippen LogP contribution in [0.3, 0.4) is 0 Å². The maximum atomic E-state index is 12.4. The molecule has 0 bridgehead atoms. The van der Waals surface area contributed by atoms with E-state index in [-0.39, 0.29) is 5.91 Å². The van der Waals surface area contributed by atoms with Gasteiger partial charge in [0.1, 0.15) is 0 Å². The van der Waals surface area contributed by atoms with Crippen molar-refractivity contribution in [3.8, 4) is 0 Å². The van der Waals surface area contributed by atoms with E-state index in [4.69, 9.17) is 11.6 Å². The Bertz CT molecular complexity index is 720. The maximum Gasteiger partial charge on any atom is 0.243 e. The van der Waals surface area contributed by atoms with Crippen LogP contribution in [-0.2, 0) is 4.79 Å². The zero-order valence-corrected chi connectivity index (χ0v) is 14.6. The second kappa shape index (κ2) is 7.28. The largest absolute Gasteiger partial charge is 0.361 e. The van der Waals surface area contributed by atoms with Crippen LogP contribution in [0.1, 0.15) is 12.0 Å². The van der Waals surface area contributed by atoms with Crippen LogP contribution in [0.2, 0.25) is 5.02 Å². The van der Waals surface area contributed by atoms with Crippen molar-refractivity contribution in [2.45, 2.75) is 18.2 Å². The number of rotatable bonds is 3. The molecule has 0 saturated carbocycles. The van der Waals surface area contributed by atoms with Gasteiger partial charge in [0, 0.05) is 11.4 Å². The number of fused-ring (bicyclic) bond motifs is 1. The van der Waals surface area contributed by atoms with E-state index in [2.05, 4.69) is 22.3 Å². The number of nitrogens with one attached hydrogen (secondary N) is 1. The smallest absolute Gasteiger partial charge is 0.243 e. The molecule has 5 heteroatoms. The van der Waals surface area contributed by atoms with E-state index in [0.717, 1.165) is 30.0 Å². The highest BCUT2D eigenvalue weighted by atomic mass is 35.5. The SMILES string of the molecule is Cc1ccc(NC(=O)CN2CCCSc3ccccc32)c(Cl)c1. The van der Waals surface area contributed by atoms with Gasteiger partial charge >= 0.3 is 0 Å². The highest BCUT2D eigenvalue weighted by Crippen LogP contribution is 2.33. The predicted octanol–water partition coefficient (Wildman–Crippen LogP) is 4.59. The Morgan fingerprint density at radius 1 is 1.30 bits per heavy atom. The molecule has 23 heavy (non-hydrogen) atoms. The molecular formula is C18H19ClN2OS. The van der Waals surface area contributed by atoms with Crippen molar-refractivity contribution in [1.82, 2.24) is 0 Å². The first kappa shape index (κ1) is 16.2. The molecule has 0 radical (unpaired) electrons. The minimum absolute atomic E-state index is 0.0440. The van der Waals surface area contributed by atoms with Gasteiger partial charge in [0.25, 0.3) is 0 Å². The number of carbonyl (C=O) groups is 1. The Balaban J connectivity index is 1.72. The minimum Gasteiger partial charge on any atom is -0.361 e. The second-order valence-corrected chi connectivity index (χ2v) is 7.17. The van der Waals surface area contributed by atoms with Gasteiger partial charge in [-0.25, -0.2) is 0 Å². The third-order valence-corrected chi connectivity index (χ3v) is 5.23. The van der Waals surface area contributed by atoms with Gasteiger partial charge < -0.3 is 10.2 Å². The number of amides is 1. The third-order valence-electron chi connectivity index (χ3n) is 3.77. The number of hydrogen-bond donors (Lipinski definition) is 1. The number of carbonyl (C=O) groups excluding carboxylic acids is 1. The lowest BCUT2D eigenvalue weighted by Crippen LogP contribution is -2.34. The van der Waals surface area contributed by atoms with E-state index in [1.165, 1.54) is 4.90 Å². The van der Waals surface area contributed by atoms with Crippen molar-refractivity contribution >= 4 is 40.6 Å². The predicted molar refractivity (Wildman–Crippen MR) is 98.8 cm³/mol. The first-order valence-electron chi connectivity index (χ1n) is 7.66. The Morgan fingerprint density at radius 3 is 2.96 bits per heavy atom. The van der Waals surface area contributed by atoms with E-state index >= 15 is 0 Å². The van der Waals surface area contributed by atoms with E-state index in [9.17, 15) is 4.79 Å². The molecule has 1 N–H and O–H groups in total. The molecule has 3 nitrogen and oxygen atoms in total. The van der Waals surface area contributed by atoms with Gasteiger partial charge in [-0.15, -0.1) is 11.8 Å². The third kappa shape index (κ3) is 4.01. The quantitative estimate of drug-likeness (QED) is 0.882. The summed E-state index contributed by atoms with van der Waals surface area (Å²) in [5, 5.41) is 3.49. The number of aryl methyl sites for hydroxylation is 1. The normalized spacial score (nSPS) is 14.1. The molecule has 0 fully saturated rings. The molecule has 1 amide bonds. The number of thioether (sulfide) groups is 1. The number of halogens is 1. The summed E-state index contributed by atoms with van der Waals surface area (Å²) in [6, 6.07) is 13.9. The highest BCUT2D eigenvalue weighted by molar-refractivity contribution is 7.99. The molecular weight excluding hydrogens is 328 g/mol. The number of para-hydroxylation sites is 1. The molecule has 0 unspecified atom stereocenters. The Labute approximate surface area is 146 Å². The molecule has 0 saturated heterocycles. The van der Waals surface area contributed by atoms with Gasteiger partial charge in [-0.3, -0.25) is 4.79 Å². The average molecular weight is 347 g/mol. The summed E-state index contributed by atoms with van der Waals surface area (Å²) in [5.41, 5.74) is 2.88. The van der Waals surface area contributed by atoms with Crippen LogP contribution in [0.5, 0.6) is 0 Å². The highest BCUT2D eigenvalue weighted by Gasteiger charge is 2.18. The lowest BCUT2D eigenvalue weighted by Gasteiger charge is -2.24. The number of anilines is 2. The van der Waals surface area contributed by atoms with Gasteiger partial charge in [-0.2, -0.15) is 0 Å². The molecule has 1 aliphatic rings. The molecule has 2 aromatic carbocycles. The van der Waals surface area contributed by atoms with E-state index in [0.29, 0.717) is 17.3 Å². The summed E-state index contributed by atoms with van der Waals surface area (Å²) >= 11 is 8.05. The fraction of sp³-hybridized carbons (Fsp3) is 0.278. The number of nitrogens with zero attached hydrogens (tertiary/aromatic N) is 1. The monoisotopic (exact) mass is 346 g/mol. The van der Waals surface area contributed by atoms with Crippen LogP contribution in [0, 0.1) is 6.92 Å². The van der Waals surface area contributed by atoms with Crippen LogP contribution >= 0.6 is 23.4 Å². The minimum atomic E-state index is -0.0440. The zero-order valence-electron chi connectivity index (χ0n) is 13.0. The van der Waals surface area contributed by atoms with Gasteiger partial charge in [-0.05, 0) is 48.9 Å². The maximum absolute atomic E-state index is 12.4. The molecule has 0 aromatic heterocycles. The average Bonchev–Trinajstić information content (AvgIpc) is 2.73. The molecule has 1 aliphatic heterocycles. The second-order valence-electron chi connectivity index (χ2n) is 5.62. The molecule has 0 atom stereocenters. The van der Waals surface area contributed by atoms with Gasteiger partial charge in [0.2, 0.25) is 5.91 Å². The standard InChI is InChI=1S/C18H19ClN2OS/c1-13-7-8-15(14(19)11-13)20-18(22)12-21-9-4-10-23-17-6-3-2-5-16(17)21/h2-3,5-8,11H,4,9-10,12H2,1H3,(H,20,22). The van der Waals surface area contributed by atoms with Crippen molar-refractivity contribution in [2.24, 2.45) is 0 Å². The fourth-order valence-electron chi connectivity index (χ4n) is 2.65. The molecule has 2 aromatic rings. The van der Waals surface area contributed by atoms with Crippen LogP contribution in [0.25, 0.3) is 0 Å². The van der Waals surface area contributed by atoms with E-state index in [1.807, 2.05) is 49.0 Å². The van der Waals surface area contributed by atoms with Crippen LogP contribution in [-0.4, -0.2) is 24.7 Å². The Morgan fingerprint density at radius 2 is 2.13 bits per heavy atom. The summed E-state index contributed by atoms with van der Waals surface area (Å²) < 4.78 is 0. The Hall–Kier alpha value is -1.65. The molecule has 3 rings (SSSR count). The fourth-order valence-corrected chi connectivity index (χ4v) is 3.94. The van der Waals surface area contributed by atoms with Gasteiger partial charge in [-0.1, -0.05) is 29.8 Å². The molecule has 0 spiro atoms. The van der Waals surface area contributed by atoms with Crippen molar-refractivity contribution in [3.05, 3.63) is 53.1 Å². The lowest BCUT2D eigenvalue weighted by atomic mass is 10.2. The van der Waals surface area contributed by atoms with Gasteiger partial charge in [0.15, 0.2) is 0 Å². The zero-order chi connectivity index (χ0) is 16.2. The van der Waals surface area contributed by atoms with Crippen molar-refractivity contribution in [1.29, 1.82) is 0 Å². The molecule has 1 heterocycles. The van der Waals surface area contributed by atoms with Crippen molar-refractivity contribution < 1.29 is 4.79 Å². The number of hydrogen-bond acceptors (Lipinski definition) is 3. The first-order chi connectivity index (χ1) is 11.1. The van der Waals surface area contributed by atoms with Crippen molar-refractivity contribution in [2.75, 3.05) is 29.1 Å². The number of benzene rings is 2. The van der Waals surface area contributed by atoms with E-state index < -0.39 is 0 Å². The van der Waals surface area contributed by atoms with E-state index in [1.54, 1.807) is 0 Å². The van der Waals surface area contributed by atoms with Crippen LogP contribution in [0.4, 0.5) is 11.4 Å². The lowest BCUT2D eigenvalue weighted by molar-refractivity contribution is -0.115. The van der Waals surface area contributed by atoms with Crippen molar-refractivity contribution in [3.63, 3.8) is 0 Å². The summed E-state index contributed by atoms with van der Waals surface area (Å²) in [6.07, 6.45) is 1.07. The van der Waals surface area contributed by atoms with Crippen LogP contribution < -0.4 is 10.2 Å². The summed E-state index contributed by atoms with van der Waals surface area (Å²) in [7, 11) is 0. The summed E-state index contributed by atoms with van der Waals surface area (Å²) in [6.45, 7) is 3.20. The summed E-state index contributed by atoms with van der Waals surface area (Å²) in [4.78, 5) is 15.8. The molecule has 0 aliphatic carbocycles. The molecule has 120 valence electrons. The Kier molecular flexibility index (Phi) is 5.13. The topological polar surface area (TPSA) is 32.3 Å².